The Morgan fingerprint density at radius 3 is 2.27 bits per heavy atom. The summed E-state index contributed by atoms with van der Waals surface area (Å²) in [5, 5.41) is 12.7. The Bertz CT molecular complexity index is 1140. The van der Waals surface area contributed by atoms with Gasteiger partial charge in [0.05, 0.1) is 23.1 Å². The van der Waals surface area contributed by atoms with Gasteiger partial charge in [-0.15, -0.1) is 11.3 Å². The van der Waals surface area contributed by atoms with Crippen molar-refractivity contribution in [1.82, 2.24) is 0 Å². The fraction of sp³-hybridized carbons (Fsp3) is 0.304. The number of nitrogens with one attached hydrogen (secondary N) is 1. The van der Waals surface area contributed by atoms with Gasteiger partial charge < -0.3 is 5.32 Å². The van der Waals surface area contributed by atoms with E-state index in [0.717, 1.165) is 16.9 Å². The minimum Gasteiger partial charge on any atom is -0.312 e. The molecule has 1 saturated carbocycles. The Balaban J connectivity index is 1.36. The first-order chi connectivity index (χ1) is 14.4. The summed E-state index contributed by atoms with van der Waals surface area (Å²) in [6.07, 6.45) is 5.03. The van der Waals surface area contributed by atoms with Crippen LogP contribution in [0.4, 0.5) is 10.7 Å². The summed E-state index contributed by atoms with van der Waals surface area (Å²) >= 11 is 1.37. The first kappa shape index (κ1) is 18.8. The number of carbonyl (C=O) groups is 3. The van der Waals surface area contributed by atoms with E-state index in [1.165, 1.54) is 16.2 Å². The molecule has 2 bridgehead atoms. The lowest BCUT2D eigenvalue weighted by Gasteiger charge is -2.17. The number of fused-ring (bicyclic) bond motifs is 5. The van der Waals surface area contributed by atoms with Crippen LogP contribution in [0, 0.1) is 48.9 Å². The number of carbonyl (C=O) groups excluding carboxylic acids is 3. The number of aryl methyl sites for hydroxylation is 1. The van der Waals surface area contributed by atoms with Crippen molar-refractivity contribution in [2.24, 2.45) is 23.7 Å². The molecule has 0 spiro atoms. The molecule has 0 unspecified atom stereocenters. The van der Waals surface area contributed by atoms with Crippen LogP contribution in [-0.2, 0) is 9.59 Å². The molecule has 1 saturated heterocycles. The SMILES string of the molecule is Cc1sc(NC(=O)c2ccc(N3C(=O)[C@H]4[C@H](C3=O)[C@H]3C=C[C@H]4C3)cc2)c(C#N)c1C. The van der Waals surface area contributed by atoms with Gasteiger partial charge in [0.15, 0.2) is 0 Å². The van der Waals surface area contributed by atoms with E-state index in [9.17, 15) is 19.6 Å². The number of anilines is 2. The smallest absolute Gasteiger partial charge is 0.256 e. The van der Waals surface area contributed by atoms with Gasteiger partial charge in [-0.3, -0.25) is 19.3 Å². The summed E-state index contributed by atoms with van der Waals surface area (Å²) in [5.74, 6) is -0.769. The largest absolute Gasteiger partial charge is 0.312 e. The van der Waals surface area contributed by atoms with E-state index >= 15 is 0 Å². The number of imide groups is 1. The molecule has 2 heterocycles. The van der Waals surface area contributed by atoms with E-state index in [2.05, 4.69) is 23.5 Å². The molecule has 2 fully saturated rings. The van der Waals surface area contributed by atoms with Gasteiger partial charge in [-0.05, 0) is 61.9 Å². The number of thiophene rings is 1. The third kappa shape index (κ3) is 2.57. The highest BCUT2D eigenvalue weighted by Gasteiger charge is 2.59. The van der Waals surface area contributed by atoms with Gasteiger partial charge in [0.2, 0.25) is 11.8 Å². The number of rotatable bonds is 3. The van der Waals surface area contributed by atoms with Crippen molar-refractivity contribution in [2.45, 2.75) is 20.3 Å². The number of allylic oxidation sites excluding steroid dienone is 2. The number of benzene rings is 1. The molecule has 2 aliphatic carbocycles. The maximum Gasteiger partial charge on any atom is 0.256 e. The van der Waals surface area contributed by atoms with E-state index in [0.29, 0.717) is 21.8 Å². The van der Waals surface area contributed by atoms with Crippen LogP contribution in [0.3, 0.4) is 0 Å². The predicted molar refractivity (Wildman–Crippen MR) is 113 cm³/mol. The third-order valence-electron chi connectivity index (χ3n) is 6.58. The van der Waals surface area contributed by atoms with E-state index in [1.54, 1.807) is 24.3 Å². The second-order valence-electron chi connectivity index (χ2n) is 8.11. The molecule has 0 radical (unpaired) electrons. The van der Waals surface area contributed by atoms with Crippen LogP contribution < -0.4 is 10.2 Å². The molecule has 30 heavy (non-hydrogen) atoms. The predicted octanol–water partition coefficient (Wildman–Crippen LogP) is 3.80. The summed E-state index contributed by atoms with van der Waals surface area (Å²) < 4.78 is 0. The average molecular weight is 417 g/mol. The first-order valence-corrected chi connectivity index (χ1v) is 10.7. The van der Waals surface area contributed by atoms with Crippen LogP contribution in [0.2, 0.25) is 0 Å². The van der Waals surface area contributed by atoms with Crippen LogP contribution in [-0.4, -0.2) is 17.7 Å². The summed E-state index contributed by atoms with van der Waals surface area (Å²) in [6, 6.07) is 8.62. The average Bonchev–Trinajstić information content (AvgIpc) is 3.47. The van der Waals surface area contributed by atoms with Crippen LogP contribution >= 0.6 is 11.3 Å². The van der Waals surface area contributed by atoms with Crippen molar-refractivity contribution in [2.75, 3.05) is 10.2 Å². The molecule has 1 aromatic carbocycles. The summed E-state index contributed by atoms with van der Waals surface area (Å²) in [7, 11) is 0. The normalized spacial score (nSPS) is 26.2. The Labute approximate surface area is 177 Å². The van der Waals surface area contributed by atoms with Gasteiger partial charge in [0, 0.05) is 10.4 Å². The standard InChI is InChI=1S/C23H19N3O3S/c1-11-12(2)30-21(17(11)10-24)25-20(27)13-5-7-16(8-6-13)26-22(28)18-14-3-4-15(9-14)19(18)23(26)29/h3-8,14-15,18-19H,9H2,1-2H3,(H,25,27)/t14-,15-,18+,19+/m0/s1. The van der Waals surface area contributed by atoms with Gasteiger partial charge in [0.1, 0.15) is 11.1 Å². The van der Waals surface area contributed by atoms with Crippen molar-refractivity contribution >= 4 is 39.7 Å². The zero-order valence-electron chi connectivity index (χ0n) is 16.5. The molecule has 3 aliphatic rings. The number of nitrogens with zero attached hydrogens (tertiary/aromatic N) is 2. The van der Waals surface area contributed by atoms with Gasteiger partial charge in [-0.1, -0.05) is 12.2 Å². The second-order valence-corrected chi connectivity index (χ2v) is 9.34. The zero-order chi connectivity index (χ0) is 21.2. The van der Waals surface area contributed by atoms with Crippen LogP contribution in [0.5, 0.6) is 0 Å². The lowest BCUT2D eigenvalue weighted by Crippen LogP contribution is -2.32. The van der Waals surface area contributed by atoms with E-state index < -0.39 is 0 Å². The Morgan fingerprint density at radius 1 is 1.10 bits per heavy atom. The summed E-state index contributed by atoms with van der Waals surface area (Å²) in [4.78, 5) is 40.7. The number of hydrogen-bond donors (Lipinski definition) is 1. The minimum absolute atomic E-state index is 0.137. The van der Waals surface area contributed by atoms with Crippen LogP contribution in [0.25, 0.3) is 0 Å². The van der Waals surface area contributed by atoms with Crippen molar-refractivity contribution in [3.8, 4) is 6.07 Å². The lowest BCUT2D eigenvalue weighted by atomic mass is 9.85. The fourth-order valence-corrected chi connectivity index (χ4v) is 5.95. The Morgan fingerprint density at radius 2 is 1.70 bits per heavy atom. The molecule has 1 aromatic heterocycles. The molecule has 4 atom stereocenters. The van der Waals surface area contributed by atoms with Gasteiger partial charge in [-0.25, -0.2) is 0 Å². The van der Waals surface area contributed by atoms with Gasteiger partial charge in [0.25, 0.3) is 5.91 Å². The highest BCUT2D eigenvalue weighted by molar-refractivity contribution is 7.16. The number of nitriles is 1. The number of hydrogen-bond acceptors (Lipinski definition) is 5. The molecule has 150 valence electrons. The maximum atomic E-state index is 12.9. The van der Waals surface area contributed by atoms with Gasteiger partial charge in [-0.2, -0.15) is 5.26 Å². The second kappa shape index (κ2) is 6.64. The third-order valence-corrected chi connectivity index (χ3v) is 7.70. The highest BCUT2D eigenvalue weighted by atomic mass is 32.1. The monoisotopic (exact) mass is 417 g/mol. The van der Waals surface area contributed by atoms with Crippen molar-refractivity contribution < 1.29 is 14.4 Å². The molecule has 1 N–H and O–H groups in total. The van der Waals surface area contributed by atoms with Crippen LogP contribution in [0.15, 0.2) is 36.4 Å². The Hall–Kier alpha value is -3.24. The molecule has 1 aliphatic heterocycles. The maximum absolute atomic E-state index is 12.9. The topological polar surface area (TPSA) is 90.3 Å². The molecular formula is C23H19N3O3S. The molecule has 6 nitrogen and oxygen atoms in total. The summed E-state index contributed by atoms with van der Waals surface area (Å²) in [5.41, 5.74) is 2.24. The van der Waals surface area contributed by atoms with E-state index in [-0.39, 0.29) is 41.4 Å². The van der Waals surface area contributed by atoms with Crippen molar-refractivity contribution in [3.05, 3.63) is 58.0 Å². The fourth-order valence-electron chi connectivity index (χ4n) is 4.94. The molecule has 5 rings (SSSR count). The molecular weight excluding hydrogens is 398 g/mol. The summed E-state index contributed by atoms with van der Waals surface area (Å²) in [6.45, 7) is 3.77. The van der Waals surface area contributed by atoms with Crippen molar-refractivity contribution in [1.29, 1.82) is 5.26 Å². The molecule has 7 heteroatoms. The number of amides is 3. The van der Waals surface area contributed by atoms with E-state index in [4.69, 9.17) is 0 Å². The molecule has 2 aromatic rings. The highest BCUT2D eigenvalue weighted by Crippen LogP contribution is 2.53. The Kier molecular flexibility index (Phi) is 4.16. The lowest BCUT2D eigenvalue weighted by molar-refractivity contribution is -0.123. The van der Waals surface area contributed by atoms with Gasteiger partial charge >= 0.3 is 0 Å². The zero-order valence-corrected chi connectivity index (χ0v) is 17.3. The molecule has 3 amide bonds. The van der Waals surface area contributed by atoms with E-state index in [1.807, 2.05) is 13.8 Å². The quantitative estimate of drug-likeness (QED) is 0.608. The first-order valence-electron chi connectivity index (χ1n) is 9.88. The minimum atomic E-state index is -0.336. The van der Waals surface area contributed by atoms with Crippen LogP contribution in [0.1, 0.15) is 32.8 Å². The van der Waals surface area contributed by atoms with Crippen molar-refractivity contribution in [3.63, 3.8) is 0 Å².